The van der Waals surface area contributed by atoms with Crippen LogP contribution < -0.4 is 0 Å². The quantitative estimate of drug-likeness (QED) is 0.733. The number of nitrogens with zero attached hydrogens (tertiary/aromatic N) is 1. The zero-order chi connectivity index (χ0) is 12.9. The summed E-state index contributed by atoms with van der Waals surface area (Å²) in [4.78, 5) is 16.3. The number of carbonyl (C=O) groups is 1. The molecule has 0 saturated heterocycles. The van der Waals surface area contributed by atoms with Gasteiger partial charge in [0.25, 0.3) is 0 Å². The van der Waals surface area contributed by atoms with Gasteiger partial charge in [0.15, 0.2) is 0 Å². The van der Waals surface area contributed by atoms with E-state index in [0.29, 0.717) is 13.2 Å². The van der Waals surface area contributed by atoms with E-state index < -0.39 is 5.41 Å². The van der Waals surface area contributed by atoms with Gasteiger partial charge < -0.3 is 9.47 Å². The maximum absolute atomic E-state index is 11.8. The lowest BCUT2D eigenvalue weighted by Gasteiger charge is -2.19. The van der Waals surface area contributed by atoms with Gasteiger partial charge in [0.05, 0.1) is 23.9 Å². The molecule has 0 spiro atoms. The van der Waals surface area contributed by atoms with Crippen molar-refractivity contribution in [3.8, 4) is 0 Å². The maximum Gasteiger partial charge on any atom is 0.317 e. The molecule has 0 bridgehead atoms. The Labute approximate surface area is 106 Å². The van der Waals surface area contributed by atoms with Crippen molar-refractivity contribution in [1.29, 1.82) is 0 Å². The summed E-state index contributed by atoms with van der Waals surface area (Å²) in [7, 11) is 1.66. The molecule has 0 radical (unpaired) electrons. The minimum absolute atomic E-state index is 0.233. The first-order valence-electron chi connectivity index (χ1n) is 5.63. The number of rotatable bonds is 6. The summed E-state index contributed by atoms with van der Waals surface area (Å²) in [5.41, 5.74) is 0.0877. The van der Waals surface area contributed by atoms with Gasteiger partial charge in [0.1, 0.15) is 5.41 Å². The van der Waals surface area contributed by atoms with E-state index in [1.54, 1.807) is 25.4 Å². The first-order valence-corrected chi connectivity index (χ1v) is 6.51. The van der Waals surface area contributed by atoms with Crippen LogP contribution in [0.25, 0.3) is 0 Å². The monoisotopic (exact) mass is 257 g/mol. The normalized spacial score (nSPS) is 11.5. The second-order valence-corrected chi connectivity index (χ2v) is 5.16. The van der Waals surface area contributed by atoms with E-state index in [2.05, 4.69) is 4.98 Å². The van der Waals surface area contributed by atoms with Gasteiger partial charge in [-0.15, -0.1) is 11.3 Å². The van der Waals surface area contributed by atoms with Crippen molar-refractivity contribution < 1.29 is 14.3 Å². The van der Waals surface area contributed by atoms with Crippen LogP contribution in [0.3, 0.4) is 0 Å². The molecule has 0 saturated carbocycles. The van der Waals surface area contributed by atoms with E-state index in [1.807, 2.05) is 19.2 Å². The lowest BCUT2D eigenvalue weighted by Crippen LogP contribution is -2.31. The van der Waals surface area contributed by atoms with Crippen molar-refractivity contribution in [2.24, 2.45) is 0 Å². The predicted molar refractivity (Wildman–Crippen MR) is 67.4 cm³/mol. The van der Waals surface area contributed by atoms with Crippen LogP contribution in [0.5, 0.6) is 0 Å². The zero-order valence-electron chi connectivity index (χ0n) is 10.8. The van der Waals surface area contributed by atoms with Gasteiger partial charge in [0.2, 0.25) is 0 Å². The lowest BCUT2D eigenvalue weighted by atomic mass is 9.90. The topological polar surface area (TPSA) is 48.4 Å². The molecule has 0 atom stereocenters. The molecule has 1 heterocycles. The van der Waals surface area contributed by atoms with Crippen molar-refractivity contribution in [1.82, 2.24) is 4.98 Å². The average Bonchev–Trinajstić information content (AvgIpc) is 2.75. The number of hydrogen-bond donors (Lipinski definition) is 0. The molecule has 96 valence electrons. The van der Waals surface area contributed by atoms with Crippen molar-refractivity contribution in [3.63, 3.8) is 0 Å². The minimum atomic E-state index is -0.683. The van der Waals surface area contributed by atoms with Crippen LogP contribution in [0.2, 0.25) is 0 Å². The molecule has 5 heteroatoms. The summed E-state index contributed by atoms with van der Waals surface area (Å²) >= 11 is 1.55. The molecule has 1 aromatic rings. The van der Waals surface area contributed by atoms with Gasteiger partial charge in [-0.05, 0) is 20.8 Å². The molecule has 0 aliphatic rings. The molecular formula is C12H19NO3S. The second-order valence-electron chi connectivity index (χ2n) is 4.21. The Morgan fingerprint density at radius 3 is 2.82 bits per heavy atom. The Kier molecular flexibility index (Phi) is 5.08. The van der Waals surface area contributed by atoms with Gasteiger partial charge in [-0.2, -0.15) is 0 Å². The first-order chi connectivity index (χ1) is 8.02. The Morgan fingerprint density at radius 2 is 2.24 bits per heavy atom. The average molecular weight is 257 g/mol. The van der Waals surface area contributed by atoms with Crippen molar-refractivity contribution in [2.45, 2.75) is 32.6 Å². The molecule has 4 nitrogen and oxygen atoms in total. The minimum Gasteiger partial charge on any atom is -0.465 e. The molecule has 0 fully saturated rings. The highest BCUT2D eigenvalue weighted by Gasteiger charge is 2.33. The smallest absolute Gasteiger partial charge is 0.317 e. The van der Waals surface area contributed by atoms with Crippen LogP contribution in [0, 0.1) is 0 Å². The van der Waals surface area contributed by atoms with Crippen LogP contribution in [-0.2, 0) is 26.1 Å². The Hall–Kier alpha value is -0.940. The molecule has 0 amide bonds. The Bertz CT molecular complexity index is 374. The molecule has 1 rings (SSSR count). The van der Waals surface area contributed by atoms with Crippen LogP contribution in [-0.4, -0.2) is 31.3 Å². The van der Waals surface area contributed by atoms with Crippen LogP contribution >= 0.6 is 11.3 Å². The summed E-state index contributed by atoms with van der Waals surface area (Å²) in [5, 5.41) is 2.90. The Morgan fingerprint density at radius 1 is 1.53 bits per heavy atom. The zero-order valence-corrected chi connectivity index (χ0v) is 11.6. The van der Waals surface area contributed by atoms with Crippen molar-refractivity contribution in [3.05, 3.63) is 16.1 Å². The first kappa shape index (κ1) is 14.1. The van der Waals surface area contributed by atoms with E-state index in [4.69, 9.17) is 9.47 Å². The van der Waals surface area contributed by atoms with Crippen molar-refractivity contribution >= 4 is 17.3 Å². The number of thiazole rings is 1. The molecule has 1 aromatic heterocycles. The summed E-state index contributed by atoms with van der Waals surface area (Å²) < 4.78 is 10.1. The van der Waals surface area contributed by atoms with Gasteiger partial charge >= 0.3 is 5.97 Å². The molecular weight excluding hydrogens is 238 g/mol. The molecule has 0 unspecified atom stereocenters. The highest BCUT2D eigenvalue weighted by molar-refractivity contribution is 7.09. The fourth-order valence-corrected chi connectivity index (χ4v) is 2.27. The van der Waals surface area contributed by atoms with Gasteiger partial charge in [0, 0.05) is 18.9 Å². The third-order valence-corrected chi connectivity index (χ3v) is 3.41. The van der Waals surface area contributed by atoms with E-state index >= 15 is 0 Å². The number of esters is 1. The molecule has 0 aromatic carbocycles. The SMILES string of the molecule is CCOC(=O)C(C)(C)c1csc(CCOC)n1. The molecule has 0 N–H and O–H groups in total. The second kappa shape index (κ2) is 6.12. The summed E-state index contributed by atoms with van der Waals surface area (Å²) in [6.45, 7) is 6.51. The van der Waals surface area contributed by atoms with E-state index in [1.165, 1.54) is 0 Å². The van der Waals surface area contributed by atoms with Gasteiger partial charge in [-0.25, -0.2) is 4.98 Å². The van der Waals surface area contributed by atoms with Gasteiger partial charge in [-0.3, -0.25) is 4.79 Å². The standard InChI is InChI=1S/C12H19NO3S/c1-5-16-11(14)12(2,3)9-8-17-10(13-9)6-7-15-4/h8H,5-7H2,1-4H3. The van der Waals surface area contributed by atoms with E-state index in [-0.39, 0.29) is 5.97 Å². The lowest BCUT2D eigenvalue weighted by molar-refractivity contribution is -0.148. The molecule has 0 aliphatic carbocycles. The number of methoxy groups -OCH3 is 1. The largest absolute Gasteiger partial charge is 0.465 e. The summed E-state index contributed by atoms with van der Waals surface area (Å²) in [6.07, 6.45) is 0.778. The third kappa shape index (κ3) is 3.51. The van der Waals surface area contributed by atoms with Crippen LogP contribution in [0.4, 0.5) is 0 Å². The predicted octanol–water partition coefficient (Wildman–Crippen LogP) is 2.17. The maximum atomic E-state index is 11.8. The van der Waals surface area contributed by atoms with Crippen LogP contribution in [0.15, 0.2) is 5.38 Å². The third-order valence-electron chi connectivity index (χ3n) is 2.50. The highest BCUT2D eigenvalue weighted by atomic mass is 32.1. The fourth-order valence-electron chi connectivity index (χ4n) is 1.32. The van der Waals surface area contributed by atoms with E-state index in [0.717, 1.165) is 17.1 Å². The van der Waals surface area contributed by atoms with E-state index in [9.17, 15) is 4.79 Å². The number of aromatic nitrogens is 1. The molecule has 0 aliphatic heterocycles. The van der Waals surface area contributed by atoms with Crippen LogP contribution in [0.1, 0.15) is 31.5 Å². The summed E-state index contributed by atoms with van der Waals surface area (Å²) in [6, 6.07) is 0. The Balaban J connectivity index is 2.77. The number of hydrogen-bond acceptors (Lipinski definition) is 5. The fraction of sp³-hybridized carbons (Fsp3) is 0.667. The van der Waals surface area contributed by atoms with Gasteiger partial charge in [-0.1, -0.05) is 0 Å². The molecule has 17 heavy (non-hydrogen) atoms. The van der Waals surface area contributed by atoms with Crippen molar-refractivity contribution in [2.75, 3.05) is 20.3 Å². The highest BCUT2D eigenvalue weighted by Crippen LogP contribution is 2.26. The summed E-state index contributed by atoms with van der Waals surface area (Å²) in [5.74, 6) is -0.233. The number of carbonyl (C=O) groups excluding carboxylic acids is 1. The number of ether oxygens (including phenoxy) is 2.